The van der Waals surface area contributed by atoms with Gasteiger partial charge in [0.2, 0.25) is 0 Å². The Kier molecular flexibility index (Phi) is 4.58. The molecule has 1 fully saturated rings. The maximum Gasteiger partial charge on any atom is 0.254 e. The predicted molar refractivity (Wildman–Crippen MR) is 101 cm³/mol. The van der Waals surface area contributed by atoms with Gasteiger partial charge < -0.3 is 4.90 Å². The lowest BCUT2D eigenvalue weighted by Gasteiger charge is -2.44. The Bertz CT molecular complexity index is 756. The topological polar surface area (TPSA) is 23.6 Å². The second kappa shape index (κ2) is 7.01. The zero-order valence-corrected chi connectivity index (χ0v) is 14.9. The molecule has 3 nitrogen and oxygen atoms in total. The fraction of sp³-hybridized carbons (Fsp3) is 0.409. The van der Waals surface area contributed by atoms with Crippen LogP contribution in [-0.4, -0.2) is 41.4 Å². The highest BCUT2D eigenvalue weighted by Crippen LogP contribution is 2.27. The van der Waals surface area contributed by atoms with Gasteiger partial charge in [0.25, 0.3) is 5.91 Å². The number of carbonyl (C=O) groups is 1. The predicted octanol–water partition coefficient (Wildman–Crippen LogP) is 3.52. The van der Waals surface area contributed by atoms with Gasteiger partial charge in [-0.2, -0.15) is 0 Å². The van der Waals surface area contributed by atoms with Crippen LogP contribution in [0.5, 0.6) is 0 Å². The van der Waals surface area contributed by atoms with E-state index in [0.29, 0.717) is 6.04 Å². The fourth-order valence-corrected chi connectivity index (χ4v) is 4.22. The van der Waals surface area contributed by atoms with Gasteiger partial charge in [-0.3, -0.25) is 9.69 Å². The molecule has 0 radical (unpaired) electrons. The zero-order valence-electron chi connectivity index (χ0n) is 14.9. The van der Waals surface area contributed by atoms with Gasteiger partial charge in [0, 0.05) is 37.8 Å². The summed E-state index contributed by atoms with van der Waals surface area (Å²) in [6, 6.07) is 17.4. The van der Waals surface area contributed by atoms with Gasteiger partial charge in [-0.05, 0) is 35.6 Å². The molecule has 2 heterocycles. The quantitative estimate of drug-likeness (QED) is 0.854. The summed E-state index contributed by atoms with van der Waals surface area (Å²) in [6.45, 7) is 5.95. The van der Waals surface area contributed by atoms with Gasteiger partial charge in [0.15, 0.2) is 0 Å². The van der Waals surface area contributed by atoms with Crippen LogP contribution in [0.25, 0.3) is 0 Å². The third kappa shape index (κ3) is 3.34. The number of rotatable bonds is 4. The lowest BCUT2D eigenvalue weighted by Crippen LogP contribution is -2.57. The largest absolute Gasteiger partial charge is 0.333 e. The van der Waals surface area contributed by atoms with E-state index in [1.165, 1.54) is 16.7 Å². The summed E-state index contributed by atoms with van der Waals surface area (Å²) in [4.78, 5) is 17.5. The van der Waals surface area contributed by atoms with E-state index in [9.17, 15) is 4.79 Å². The normalized spacial score (nSPS) is 20.3. The molecule has 1 unspecified atom stereocenters. The van der Waals surface area contributed by atoms with Crippen molar-refractivity contribution in [2.24, 2.45) is 0 Å². The first kappa shape index (κ1) is 16.3. The number of benzene rings is 2. The Morgan fingerprint density at radius 3 is 2.68 bits per heavy atom. The minimum absolute atomic E-state index is 0.230. The smallest absolute Gasteiger partial charge is 0.254 e. The van der Waals surface area contributed by atoms with Gasteiger partial charge in [-0.15, -0.1) is 0 Å². The van der Waals surface area contributed by atoms with Gasteiger partial charge in [0.05, 0.1) is 0 Å². The highest BCUT2D eigenvalue weighted by atomic mass is 16.2. The average Bonchev–Trinajstić information content (AvgIpc) is 2.63. The SMILES string of the molecule is CCCc1ccc2c(c1)CC1CN(Cc3ccccc3)CCN1C2=O. The van der Waals surface area contributed by atoms with E-state index in [1.54, 1.807) is 0 Å². The molecule has 130 valence electrons. The summed E-state index contributed by atoms with van der Waals surface area (Å²) < 4.78 is 0. The van der Waals surface area contributed by atoms with Crippen molar-refractivity contribution in [1.29, 1.82) is 0 Å². The van der Waals surface area contributed by atoms with Crippen LogP contribution >= 0.6 is 0 Å². The lowest BCUT2D eigenvalue weighted by molar-refractivity contribution is 0.0402. The molecule has 0 bridgehead atoms. The number of carbonyl (C=O) groups excluding carboxylic acids is 1. The molecule has 2 aromatic carbocycles. The Labute approximate surface area is 150 Å². The minimum atomic E-state index is 0.230. The van der Waals surface area contributed by atoms with Crippen LogP contribution in [0.4, 0.5) is 0 Å². The maximum absolute atomic E-state index is 12.9. The van der Waals surface area contributed by atoms with Crippen molar-refractivity contribution >= 4 is 5.91 Å². The molecule has 3 heteroatoms. The third-order valence-electron chi connectivity index (χ3n) is 5.47. The van der Waals surface area contributed by atoms with E-state index in [4.69, 9.17) is 0 Å². The highest BCUT2D eigenvalue weighted by molar-refractivity contribution is 5.97. The molecule has 25 heavy (non-hydrogen) atoms. The first-order valence-electron chi connectivity index (χ1n) is 9.43. The van der Waals surface area contributed by atoms with Gasteiger partial charge in [-0.1, -0.05) is 55.8 Å². The second-order valence-corrected chi connectivity index (χ2v) is 7.32. The lowest BCUT2D eigenvalue weighted by atomic mass is 9.89. The summed E-state index contributed by atoms with van der Waals surface area (Å²) in [5.41, 5.74) is 4.88. The highest BCUT2D eigenvalue weighted by Gasteiger charge is 2.36. The molecule has 0 spiro atoms. The molecule has 0 N–H and O–H groups in total. The van der Waals surface area contributed by atoms with Crippen molar-refractivity contribution in [2.75, 3.05) is 19.6 Å². The van der Waals surface area contributed by atoms with Crippen LogP contribution in [0.3, 0.4) is 0 Å². The molecule has 2 aliphatic heterocycles. The van der Waals surface area contributed by atoms with E-state index in [2.05, 4.69) is 65.3 Å². The van der Waals surface area contributed by atoms with Gasteiger partial charge in [-0.25, -0.2) is 0 Å². The Hall–Kier alpha value is -2.13. The monoisotopic (exact) mass is 334 g/mol. The van der Waals surface area contributed by atoms with Crippen molar-refractivity contribution in [3.05, 3.63) is 70.8 Å². The third-order valence-corrected chi connectivity index (χ3v) is 5.47. The molecule has 0 aromatic heterocycles. The molecule has 0 aliphatic carbocycles. The van der Waals surface area contributed by atoms with Crippen LogP contribution in [0.1, 0.15) is 40.4 Å². The standard InChI is InChI=1S/C22H26N2O/c1-2-6-17-9-10-21-19(13-17)14-20-16-23(11-12-24(20)22(21)25)15-18-7-4-3-5-8-18/h3-5,7-10,13,20H,2,6,11-12,14-16H2,1H3. The van der Waals surface area contributed by atoms with E-state index in [1.807, 2.05) is 0 Å². The van der Waals surface area contributed by atoms with E-state index >= 15 is 0 Å². The number of nitrogens with zero attached hydrogens (tertiary/aromatic N) is 2. The molecular formula is C22H26N2O. The number of piperazine rings is 1. The molecular weight excluding hydrogens is 308 g/mol. The first-order valence-corrected chi connectivity index (χ1v) is 9.43. The van der Waals surface area contributed by atoms with Crippen molar-refractivity contribution < 1.29 is 4.79 Å². The van der Waals surface area contributed by atoms with Crippen LogP contribution in [-0.2, 0) is 19.4 Å². The number of fused-ring (bicyclic) bond motifs is 2. The zero-order chi connectivity index (χ0) is 17.2. The summed E-state index contributed by atoms with van der Waals surface area (Å²) in [7, 11) is 0. The fourth-order valence-electron chi connectivity index (χ4n) is 4.22. The minimum Gasteiger partial charge on any atom is -0.333 e. The Balaban J connectivity index is 1.51. The van der Waals surface area contributed by atoms with Crippen LogP contribution in [0.15, 0.2) is 48.5 Å². The molecule has 1 atom stereocenters. The van der Waals surface area contributed by atoms with E-state index < -0.39 is 0 Å². The molecule has 2 aliphatic rings. The molecule has 0 saturated carbocycles. The van der Waals surface area contributed by atoms with Crippen LogP contribution in [0, 0.1) is 0 Å². The summed E-state index contributed by atoms with van der Waals surface area (Å²) >= 11 is 0. The van der Waals surface area contributed by atoms with Crippen LogP contribution in [0.2, 0.25) is 0 Å². The van der Waals surface area contributed by atoms with Crippen molar-refractivity contribution in [3.8, 4) is 0 Å². The molecule has 2 aromatic rings. The molecule has 4 rings (SSSR count). The van der Waals surface area contributed by atoms with E-state index in [0.717, 1.165) is 51.0 Å². The van der Waals surface area contributed by atoms with Gasteiger partial charge >= 0.3 is 0 Å². The summed E-state index contributed by atoms with van der Waals surface area (Å²) in [5.74, 6) is 0.230. The number of amides is 1. The van der Waals surface area contributed by atoms with Crippen LogP contribution < -0.4 is 0 Å². The molecule has 1 saturated heterocycles. The van der Waals surface area contributed by atoms with Crippen molar-refractivity contribution in [3.63, 3.8) is 0 Å². The second-order valence-electron chi connectivity index (χ2n) is 7.32. The Morgan fingerprint density at radius 1 is 1.04 bits per heavy atom. The van der Waals surface area contributed by atoms with Crippen molar-refractivity contribution in [1.82, 2.24) is 9.80 Å². The first-order chi connectivity index (χ1) is 12.2. The van der Waals surface area contributed by atoms with E-state index in [-0.39, 0.29) is 5.91 Å². The maximum atomic E-state index is 12.9. The molecule has 1 amide bonds. The number of hydrogen-bond donors (Lipinski definition) is 0. The summed E-state index contributed by atoms with van der Waals surface area (Å²) in [6.07, 6.45) is 3.23. The Morgan fingerprint density at radius 2 is 1.88 bits per heavy atom. The summed E-state index contributed by atoms with van der Waals surface area (Å²) in [5, 5.41) is 0. The van der Waals surface area contributed by atoms with Gasteiger partial charge in [0.1, 0.15) is 0 Å². The number of hydrogen-bond acceptors (Lipinski definition) is 2. The van der Waals surface area contributed by atoms with Crippen molar-refractivity contribution in [2.45, 2.75) is 38.8 Å². The average molecular weight is 334 g/mol. The number of aryl methyl sites for hydroxylation is 1.